The maximum absolute atomic E-state index is 11.7. The molecule has 1 aromatic carbocycles. The van der Waals surface area contributed by atoms with E-state index >= 15 is 0 Å². The number of rotatable bonds is 0. The minimum atomic E-state index is -0.967. The lowest BCUT2D eigenvalue weighted by Crippen LogP contribution is -2.23. The molecular weight excluding hydrogens is 240 g/mol. The number of esters is 1. The topological polar surface area (TPSA) is 43.4 Å². The van der Waals surface area contributed by atoms with Crippen LogP contribution in [0.1, 0.15) is 15.9 Å². The molecule has 1 heterocycles. The van der Waals surface area contributed by atoms with Gasteiger partial charge in [-0.15, -0.1) is 0 Å². The van der Waals surface area contributed by atoms with E-state index < -0.39 is 11.6 Å². The van der Waals surface area contributed by atoms with Gasteiger partial charge in [0.05, 0.1) is 5.56 Å². The molecule has 3 nitrogen and oxygen atoms in total. The van der Waals surface area contributed by atoms with E-state index in [0.29, 0.717) is 16.1 Å². The Morgan fingerprint density at radius 3 is 2.53 bits per heavy atom. The summed E-state index contributed by atoms with van der Waals surface area (Å²) in [6, 6.07) is 4.96. The number of hydrogen-bond donors (Lipinski definition) is 0. The third kappa shape index (κ3) is 1.43. The molecule has 0 aromatic heterocycles. The van der Waals surface area contributed by atoms with Crippen molar-refractivity contribution in [2.24, 2.45) is 0 Å². The molecule has 0 bridgehead atoms. The first-order chi connectivity index (χ1) is 8.11. The van der Waals surface area contributed by atoms with Crippen LogP contribution in [0.15, 0.2) is 42.5 Å². The minimum Gasteiger partial charge on any atom is -0.442 e. The van der Waals surface area contributed by atoms with E-state index in [-0.39, 0.29) is 5.78 Å². The van der Waals surface area contributed by atoms with Gasteiger partial charge in [0.25, 0.3) is 0 Å². The second kappa shape index (κ2) is 3.31. The van der Waals surface area contributed by atoms with E-state index in [9.17, 15) is 9.59 Å². The fourth-order valence-electron chi connectivity index (χ4n) is 2.05. The molecule has 1 aromatic rings. The number of carbonyl (C=O) groups is 2. The van der Waals surface area contributed by atoms with Crippen LogP contribution in [0.5, 0.6) is 0 Å². The van der Waals surface area contributed by atoms with E-state index in [4.69, 9.17) is 16.3 Å². The fraction of sp³-hybridized carbons (Fsp3) is 0.0769. The Morgan fingerprint density at radius 2 is 1.82 bits per heavy atom. The summed E-state index contributed by atoms with van der Waals surface area (Å²) in [6.07, 6.45) is 5.94. The van der Waals surface area contributed by atoms with Gasteiger partial charge in [-0.25, -0.2) is 4.79 Å². The van der Waals surface area contributed by atoms with E-state index in [2.05, 4.69) is 0 Å². The van der Waals surface area contributed by atoms with Gasteiger partial charge in [0, 0.05) is 10.6 Å². The smallest absolute Gasteiger partial charge is 0.340 e. The van der Waals surface area contributed by atoms with Crippen LogP contribution in [0.4, 0.5) is 0 Å². The SMILES string of the molecule is O=C1C=CC2(C=C1)OC(=O)c1ccc(Cl)cc12. The first-order valence-electron chi connectivity index (χ1n) is 5.06. The average Bonchev–Trinajstić information content (AvgIpc) is 2.57. The summed E-state index contributed by atoms with van der Waals surface area (Å²) in [5, 5.41) is 0.528. The van der Waals surface area contributed by atoms with E-state index in [1.807, 2.05) is 0 Å². The average molecular weight is 247 g/mol. The molecule has 17 heavy (non-hydrogen) atoms. The highest BCUT2D eigenvalue weighted by Crippen LogP contribution is 2.41. The van der Waals surface area contributed by atoms with E-state index in [1.165, 1.54) is 12.2 Å². The molecule has 3 rings (SSSR count). The lowest BCUT2D eigenvalue weighted by molar-refractivity contribution is -0.110. The van der Waals surface area contributed by atoms with Crippen LogP contribution in [0, 0.1) is 0 Å². The summed E-state index contributed by atoms with van der Waals surface area (Å²) in [6.45, 7) is 0. The number of halogens is 1. The van der Waals surface area contributed by atoms with Crippen LogP contribution in [0.25, 0.3) is 0 Å². The zero-order chi connectivity index (χ0) is 12.0. The van der Waals surface area contributed by atoms with Gasteiger partial charge in [-0.2, -0.15) is 0 Å². The van der Waals surface area contributed by atoms with Crippen molar-refractivity contribution in [3.8, 4) is 0 Å². The van der Waals surface area contributed by atoms with Gasteiger partial charge in [0.1, 0.15) is 0 Å². The first kappa shape index (κ1) is 10.3. The Bertz CT molecular complexity index is 583. The fourth-order valence-corrected chi connectivity index (χ4v) is 2.22. The van der Waals surface area contributed by atoms with Gasteiger partial charge in [0.2, 0.25) is 0 Å². The Hall–Kier alpha value is -1.87. The third-order valence-electron chi connectivity index (χ3n) is 2.87. The van der Waals surface area contributed by atoms with Gasteiger partial charge >= 0.3 is 5.97 Å². The Kier molecular flexibility index (Phi) is 2.00. The van der Waals surface area contributed by atoms with Crippen molar-refractivity contribution in [1.29, 1.82) is 0 Å². The highest BCUT2D eigenvalue weighted by Gasteiger charge is 2.43. The van der Waals surface area contributed by atoms with Gasteiger partial charge < -0.3 is 4.74 Å². The summed E-state index contributed by atoms with van der Waals surface area (Å²) in [5.41, 5.74) is 0.193. The molecule has 0 radical (unpaired) electrons. The molecule has 0 atom stereocenters. The van der Waals surface area contributed by atoms with Crippen molar-refractivity contribution < 1.29 is 14.3 Å². The molecule has 0 N–H and O–H groups in total. The predicted molar refractivity (Wildman–Crippen MR) is 61.8 cm³/mol. The van der Waals surface area contributed by atoms with Gasteiger partial charge in [0.15, 0.2) is 11.4 Å². The lowest BCUT2D eigenvalue weighted by Gasteiger charge is -2.23. The standard InChI is InChI=1S/C13H7ClO3/c14-8-1-2-10-11(7-8)13(17-12(10)16)5-3-9(15)4-6-13/h1-7H. The molecule has 0 saturated heterocycles. The molecule has 1 aliphatic carbocycles. The molecule has 84 valence electrons. The lowest BCUT2D eigenvalue weighted by atomic mass is 9.88. The zero-order valence-corrected chi connectivity index (χ0v) is 9.40. The number of ether oxygens (including phenoxy) is 1. The molecule has 1 aliphatic heterocycles. The quantitative estimate of drug-likeness (QED) is 0.660. The van der Waals surface area contributed by atoms with Crippen molar-refractivity contribution in [2.75, 3.05) is 0 Å². The summed E-state index contributed by atoms with van der Waals surface area (Å²) >= 11 is 5.92. The van der Waals surface area contributed by atoms with Crippen LogP contribution in [0.3, 0.4) is 0 Å². The largest absolute Gasteiger partial charge is 0.442 e. The Labute approximate surface area is 102 Å². The number of carbonyl (C=O) groups excluding carboxylic acids is 2. The normalized spacial score (nSPS) is 19.6. The first-order valence-corrected chi connectivity index (χ1v) is 5.44. The van der Waals surface area contributed by atoms with Gasteiger partial charge in [-0.1, -0.05) is 11.6 Å². The number of ketones is 1. The van der Waals surface area contributed by atoms with E-state index in [0.717, 1.165) is 0 Å². The van der Waals surface area contributed by atoms with Crippen molar-refractivity contribution in [2.45, 2.75) is 5.60 Å². The predicted octanol–water partition coefficient (Wildman–Crippen LogP) is 2.40. The monoisotopic (exact) mass is 246 g/mol. The van der Waals surface area contributed by atoms with Crippen molar-refractivity contribution in [3.05, 3.63) is 58.7 Å². The van der Waals surface area contributed by atoms with Crippen molar-refractivity contribution >= 4 is 23.4 Å². The van der Waals surface area contributed by atoms with Crippen molar-refractivity contribution in [1.82, 2.24) is 0 Å². The minimum absolute atomic E-state index is 0.123. The highest BCUT2D eigenvalue weighted by atomic mass is 35.5. The van der Waals surface area contributed by atoms with Crippen LogP contribution in [-0.4, -0.2) is 11.8 Å². The van der Waals surface area contributed by atoms with Crippen LogP contribution in [0.2, 0.25) is 5.02 Å². The number of benzene rings is 1. The van der Waals surface area contributed by atoms with Crippen molar-refractivity contribution in [3.63, 3.8) is 0 Å². The second-order valence-corrected chi connectivity index (χ2v) is 4.38. The molecule has 0 amide bonds. The molecular formula is C13H7ClO3. The molecule has 0 unspecified atom stereocenters. The second-order valence-electron chi connectivity index (χ2n) is 3.94. The summed E-state index contributed by atoms with van der Waals surface area (Å²) < 4.78 is 5.34. The summed E-state index contributed by atoms with van der Waals surface area (Å²) in [7, 11) is 0. The van der Waals surface area contributed by atoms with Gasteiger partial charge in [-0.05, 0) is 42.5 Å². The number of fused-ring (bicyclic) bond motifs is 2. The Balaban J connectivity index is 2.22. The van der Waals surface area contributed by atoms with Crippen LogP contribution >= 0.6 is 11.6 Å². The highest BCUT2D eigenvalue weighted by molar-refractivity contribution is 6.30. The van der Waals surface area contributed by atoms with Crippen LogP contribution in [-0.2, 0) is 15.1 Å². The van der Waals surface area contributed by atoms with Crippen LogP contribution < -0.4 is 0 Å². The van der Waals surface area contributed by atoms with Gasteiger partial charge in [-0.3, -0.25) is 4.79 Å². The molecule has 1 spiro atoms. The van der Waals surface area contributed by atoms with E-state index in [1.54, 1.807) is 30.4 Å². The maximum Gasteiger partial charge on any atom is 0.340 e. The maximum atomic E-state index is 11.7. The summed E-state index contributed by atoms with van der Waals surface area (Å²) in [4.78, 5) is 22.8. The molecule has 2 aliphatic rings. The molecule has 4 heteroatoms. The third-order valence-corrected chi connectivity index (χ3v) is 3.11. The molecule has 0 fully saturated rings. The zero-order valence-electron chi connectivity index (χ0n) is 8.64. The molecule has 0 saturated carbocycles. The number of hydrogen-bond acceptors (Lipinski definition) is 3. The number of allylic oxidation sites excluding steroid dienone is 2. The summed E-state index contributed by atoms with van der Waals surface area (Å²) in [5.74, 6) is -0.525. The Morgan fingerprint density at radius 1 is 1.12 bits per heavy atom.